The third kappa shape index (κ3) is 4.76. The summed E-state index contributed by atoms with van der Waals surface area (Å²) in [4.78, 5) is 12.9. The first-order valence-corrected chi connectivity index (χ1v) is 12.9. The van der Waals surface area contributed by atoms with Gasteiger partial charge in [-0.1, -0.05) is 29.8 Å². The smallest absolute Gasteiger partial charge is 0.243 e. The number of aryl methyl sites for hydroxylation is 1. The molecule has 2 aromatic carbocycles. The van der Waals surface area contributed by atoms with Crippen LogP contribution in [-0.4, -0.2) is 46.7 Å². The number of fused-ring (bicyclic) bond motifs is 1. The van der Waals surface area contributed by atoms with Crippen molar-refractivity contribution in [3.8, 4) is 0 Å². The summed E-state index contributed by atoms with van der Waals surface area (Å²) in [7, 11) is -3.69. The topological polar surface area (TPSA) is 97.2 Å². The quantitative estimate of drug-likeness (QED) is 0.553. The van der Waals surface area contributed by atoms with E-state index in [1.54, 1.807) is 30.3 Å². The van der Waals surface area contributed by atoms with Crippen LogP contribution in [0.3, 0.4) is 0 Å². The minimum absolute atomic E-state index is 0.138. The Kier molecular flexibility index (Phi) is 6.74. The van der Waals surface area contributed by atoms with E-state index in [0.717, 1.165) is 17.5 Å². The average molecular weight is 490 g/mol. The normalized spacial score (nSPS) is 16.7. The Labute approximate surface area is 199 Å². The highest BCUT2D eigenvalue weighted by molar-refractivity contribution is 7.89. The van der Waals surface area contributed by atoms with Gasteiger partial charge in [0.2, 0.25) is 15.9 Å². The van der Waals surface area contributed by atoms with Gasteiger partial charge >= 0.3 is 0 Å². The summed E-state index contributed by atoms with van der Waals surface area (Å²) in [6, 6.07) is 10.6. The van der Waals surface area contributed by atoms with E-state index in [4.69, 9.17) is 11.6 Å². The van der Waals surface area contributed by atoms with E-state index in [1.165, 1.54) is 4.31 Å². The summed E-state index contributed by atoms with van der Waals surface area (Å²) in [5.41, 5.74) is 2.95. The first-order chi connectivity index (χ1) is 15.7. The molecule has 0 unspecified atom stereocenters. The van der Waals surface area contributed by atoms with Crippen LogP contribution >= 0.6 is 11.6 Å². The van der Waals surface area contributed by atoms with E-state index in [0.29, 0.717) is 29.1 Å². The molecule has 1 amide bonds. The second-order valence-electron chi connectivity index (χ2n) is 8.59. The Bertz CT molecular complexity index is 1280. The predicted octanol–water partition coefficient (Wildman–Crippen LogP) is 4.40. The van der Waals surface area contributed by atoms with E-state index >= 15 is 0 Å². The monoisotopic (exact) mass is 489 g/mol. The fraction of sp³-hybridized carbons (Fsp3) is 0.435. The molecule has 0 aliphatic carbocycles. The molecule has 1 fully saturated rings. The number of nitrogens with zero attached hydrogens (tertiary/aromatic N) is 4. The first-order valence-electron chi connectivity index (χ1n) is 11.1. The predicted molar refractivity (Wildman–Crippen MR) is 129 cm³/mol. The molecule has 1 atom stereocenters. The van der Waals surface area contributed by atoms with Crippen molar-refractivity contribution in [3.63, 3.8) is 0 Å². The van der Waals surface area contributed by atoms with Gasteiger partial charge in [0, 0.05) is 19.0 Å². The highest BCUT2D eigenvalue weighted by Gasteiger charge is 2.32. The zero-order chi connectivity index (χ0) is 23.8. The number of aromatic nitrogens is 3. The molecular formula is C23H28ClN5O3S. The van der Waals surface area contributed by atoms with Crippen molar-refractivity contribution in [1.29, 1.82) is 0 Å². The first kappa shape index (κ1) is 23.7. The molecule has 33 heavy (non-hydrogen) atoms. The molecule has 1 aliphatic rings. The highest BCUT2D eigenvalue weighted by atomic mass is 35.5. The summed E-state index contributed by atoms with van der Waals surface area (Å²) in [6.45, 7) is 6.60. The molecule has 1 aromatic heterocycles. The standard InChI is InChI=1S/C23H28ClN5O3S/c1-4-16(3)29-22-8-6-18(14-21(22)26-27-29)33(31,32)28-11-9-17(10-12-28)23(30)25-20-7-5-15(2)13-19(20)24/h5-8,13-14,16-17H,4,9-12H2,1-3H3,(H,25,30)/t16-/m1/s1. The summed E-state index contributed by atoms with van der Waals surface area (Å²) >= 11 is 6.22. The zero-order valence-electron chi connectivity index (χ0n) is 19.0. The molecule has 0 bridgehead atoms. The number of hydrogen-bond acceptors (Lipinski definition) is 5. The second-order valence-corrected chi connectivity index (χ2v) is 10.9. The molecule has 4 rings (SSSR count). The third-order valence-electron chi connectivity index (χ3n) is 6.30. The Morgan fingerprint density at radius 1 is 1.21 bits per heavy atom. The van der Waals surface area contributed by atoms with Crippen LogP contribution in [-0.2, 0) is 14.8 Å². The van der Waals surface area contributed by atoms with Crippen molar-refractivity contribution < 1.29 is 13.2 Å². The fourth-order valence-corrected chi connectivity index (χ4v) is 5.82. The Balaban J connectivity index is 1.44. The largest absolute Gasteiger partial charge is 0.325 e. The van der Waals surface area contributed by atoms with Crippen LogP contribution in [0.4, 0.5) is 5.69 Å². The Hall–Kier alpha value is -2.49. The Morgan fingerprint density at radius 2 is 1.94 bits per heavy atom. The number of benzene rings is 2. The van der Waals surface area contributed by atoms with Gasteiger partial charge in [-0.25, -0.2) is 13.1 Å². The summed E-state index contributed by atoms with van der Waals surface area (Å²) < 4.78 is 29.7. The lowest BCUT2D eigenvalue weighted by molar-refractivity contribution is -0.120. The molecule has 0 radical (unpaired) electrons. The minimum Gasteiger partial charge on any atom is -0.325 e. The molecule has 3 aromatic rings. The van der Waals surface area contributed by atoms with Crippen molar-refractivity contribution in [2.24, 2.45) is 5.92 Å². The van der Waals surface area contributed by atoms with E-state index in [-0.39, 0.29) is 35.9 Å². The number of hydrogen-bond donors (Lipinski definition) is 1. The fourth-order valence-electron chi connectivity index (χ4n) is 4.04. The molecule has 8 nitrogen and oxygen atoms in total. The minimum atomic E-state index is -3.69. The Morgan fingerprint density at radius 3 is 2.61 bits per heavy atom. The summed E-state index contributed by atoms with van der Waals surface area (Å²) in [5.74, 6) is -0.410. The van der Waals surface area contributed by atoms with Crippen molar-refractivity contribution >= 4 is 44.3 Å². The van der Waals surface area contributed by atoms with Crippen molar-refractivity contribution in [2.75, 3.05) is 18.4 Å². The number of sulfonamides is 1. The lowest BCUT2D eigenvalue weighted by atomic mass is 9.97. The number of nitrogens with one attached hydrogen (secondary N) is 1. The highest BCUT2D eigenvalue weighted by Crippen LogP contribution is 2.28. The number of amides is 1. The van der Waals surface area contributed by atoms with Gasteiger partial charge in [-0.05, 0) is 69.0 Å². The van der Waals surface area contributed by atoms with Crippen LogP contribution < -0.4 is 5.32 Å². The summed E-state index contributed by atoms with van der Waals surface area (Å²) in [5, 5.41) is 11.7. The molecule has 0 spiro atoms. The third-order valence-corrected chi connectivity index (χ3v) is 8.50. The number of carbonyl (C=O) groups is 1. The van der Waals surface area contributed by atoms with Gasteiger partial charge < -0.3 is 5.32 Å². The van der Waals surface area contributed by atoms with Gasteiger partial charge in [-0.15, -0.1) is 5.10 Å². The molecule has 2 heterocycles. The maximum absolute atomic E-state index is 13.2. The average Bonchev–Trinajstić information content (AvgIpc) is 3.24. The van der Waals surface area contributed by atoms with E-state index in [2.05, 4.69) is 22.6 Å². The van der Waals surface area contributed by atoms with Gasteiger partial charge in [-0.2, -0.15) is 4.31 Å². The van der Waals surface area contributed by atoms with Crippen LogP contribution in [0, 0.1) is 12.8 Å². The zero-order valence-corrected chi connectivity index (χ0v) is 20.5. The molecule has 0 saturated carbocycles. The molecular weight excluding hydrogens is 462 g/mol. The van der Waals surface area contributed by atoms with Crippen LogP contribution in [0.2, 0.25) is 5.02 Å². The molecule has 1 saturated heterocycles. The van der Waals surface area contributed by atoms with Crippen LogP contribution in [0.15, 0.2) is 41.3 Å². The van der Waals surface area contributed by atoms with Gasteiger partial charge in [0.15, 0.2) is 0 Å². The maximum Gasteiger partial charge on any atom is 0.243 e. The van der Waals surface area contributed by atoms with Crippen LogP contribution in [0.5, 0.6) is 0 Å². The van der Waals surface area contributed by atoms with Crippen molar-refractivity contribution in [3.05, 3.63) is 47.0 Å². The van der Waals surface area contributed by atoms with Crippen molar-refractivity contribution in [2.45, 2.75) is 51.0 Å². The number of halogens is 1. The van der Waals surface area contributed by atoms with Gasteiger partial charge in [0.25, 0.3) is 0 Å². The molecule has 176 valence electrons. The summed E-state index contributed by atoms with van der Waals surface area (Å²) in [6.07, 6.45) is 1.79. The molecule has 10 heteroatoms. The van der Waals surface area contributed by atoms with Crippen LogP contribution in [0.25, 0.3) is 11.0 Å². The number of piperidine rings is 1. The number of rotatable bonds is 6. The van der Waals surface area contributed by atoms with E-state index < -0.39 is 10.0 Å². The van der Waals surface area contributed by atoms with E-state index in [1.807, 2.05) is 24.6 Å². The lowest BCUT2D eigenvalue weighted by Crippen LogP contribution is -2.41. The second kappa shape index (κ2) is 9.40. The maximum atomic E-state index is 13.2. The van der Waals surface area contributed by atoms with Gasteiger partial charge in [0.05, 0.1) is 27.2 Å². The SMILES string of the molecule is CC[C@@H](C)n1nnc2cc(S(=O)(=O)N3CCC(C(=O)Nc4ccc(C)cc4Cl)CC3)ccc21. The lowest BCUT2D eigenvalue weighted by Gasteiger charge is -2.30. The van der Waals surface area contributed by atoms with Gasteiger partial charge in [-0.3, -0.25) is 4.79 Å². The van der Waals surface area contributed by atoms with Crippen LogP contribution in [0.1, 0.15) is 44.7 Å². The number of anilines is 1. The van der Waals surface area contributed by atoms with Gasteiger partial charge in [0.1, 0.15) is 5.52 Å². The molecule has 1 N–H and O–H groups in total. The van der Waals surface area contributed by atoms with Crippen molar-refractivity contribution in [1.82, 2.24) is 19.3 Å². The van der Waals surface area contributed by atoms with E-state index in [9.17, 15) is 13.2 Å². The molecule has 1 aliphatic heterocycles. The number of carbonyl (C=O) groups excluding carboxylic acids is 1.